The standard InChI is InChI=1S/C20H18FN3O4S/c1-4-28-19(26)13-6-7-15(22-11(13)2)18(25)24-20-23-16(10-29-20)14-9-12(21)5-8-17(14)27-3/h5-10H,4H2,1-3H3,(H,23,24,25). The number of amides is 1. The van der Waals surface area contributed by atoms with Crippen LogP contribution in [-0.4, -0.2) is 35.6 Å². The molecule has 0 bridgehead atoms. The number of nitrogens with one attached hydrogen (secondary N) is 1. The molecule has 0 saturated heterocycles. The maximum atomic E-state index is 13.6. The lowest BCUT2D eigenvalue weighted by molar-refractivity contribution is 0.0524. The van der Waals surface area contributed by atoms with E-state index in [0.717, 1.165) is 0 Å². The molecule has 150 valence electrons. The summed E-state index contributed by atoms with van der Waals surface area (Å²) in [5, 5.41) is 4.67. The van der Waals surface area contributed by atoms with E-state index in [9.17, 15) is 14.0 Å². The number of ether oxygens (including phenoxy) is 2. The van der Waals surface area contributed by atoms with Crippen LogP contribution in [-0.2, 0) is 4.74 Å². The van der Waals surface area contributed by atoms with Crippen molar-refractivity contribution < 1.29 is 23.5 Å². The lowest BCUT2D eigenvalue weighted by Gasteiger charge is -2.07. The monoisotopic (exact) mass is 415 g/mol. The zero-order valence-electron chi connectivity index (χ0n) is 16.0. The van der Waals surface area contributed by atoms with E-state index in [1.807, 2.05) is 0 Å². The van der Waals surface area contributed by atoms with Gasteiger partial charge in [-0.15, -0.1) is 11.3 Å². The van der Waals surface area contributed by atoms with Gasteiger partial charge in [-0.2, -0.15) is 0 Å². The van der Waals surface area contributed by atoms with Gasteiger partial charge in [0.1, 0.15) is 17.3 Å². The van der Waals surface area contributed by atoms with Gasteiger partial charge in [0.15, 0.2) is 5.13 Å². The topological polar surface area (TPSA) is 90.4 Å². The summed E-state index contributed by atoms with van der Waals surface area (Å²) in [6.45, 7) is 3.59. The van der Waals surface area contributed by atoms with Gasteiger partial charge in [-0.05, 0) is 44.2 Å². The van der Waals surface area contributed by atoms with Crippen LogP contribution in [0.2, 0.25) is 0 Å². The summed E-state index contributed by atoms with van der Waals surface area (Å²) in [6.07, 6.45) is 0. The van der Waals surface area contributed by atoms with Gasteiger partial charge in [0.25, 0.3) is 5.91 Å². The number of rotatable bonds is 6. The molecule has 0 spiro atoms. The minimum absolute atomic E-state index is 0.135. The average Bonchev–Trinajstić information content (AvgIpc) is 3.16. The Kier molecular flexibility index (Phi) is 6.18. The third kappa shape index (κ3) is 4.57. The summed E-state index contributed by atoms with van der Waals surface area (Å²) < 4.78 is 23.8. The predicted octanol–water partition coefficient (Wildman–Crippen LogP) is 4.09. The Labute approximate surface area is 170 Å². The highest BCUT2D eigenvalue weighted by Gasteiger charge is 2.17. The molecule has 0 aliphatic carbocycles. The second kappa shape index (κ2) is 8.78. The molecule has 0 fully saturated rings. The van der Waals surface area contributed by atoms with E-state index in [4.69, 9.17) is 9.47 Å². The highest BCUT2D eigenvalue weighted by molar-refractivity contribution is 7.14. The molecule has 2 heterocycles. The Morgan fingerprint density at radius 2 is 2.00 bits per heavy atom. The van der Waals surface area contributed by atoms with Crippen molar-refractivity contribution in [1.29, 1.82) is 0 Å². The van der Waals surface area contributed by atoms with Gasteiger partial charge in [-0.1, -0.05) is 0 Å². The number of methoxy groups -OCH3 is 1. The number of hydrogen-bond acceptors (Lipinski definition) is 7. The Bertz CT molecular complexity index is 1070. The molecule has 1 aromatic carbocycles. The van der Waals surface area contributed by atoms with Crippen LogP contribution in [0.3, 0.4) is 0 Å². The lowest BCUT2D eigenvalue weighted by Crippen LogP contribution is -2.16. The van der Waals surface area contributed by atoms with Gasteiger partial charge >= 0.3 is 5.97 Å². The van der Waals surface area contributed by atoms with Crippen molar-refractivity contribution in [3.63, 3.8) is 0 Å². The highest BCUT2D eigenvalue weighted by atomic mass is 32.1. The number of carbonyl (C=O) groups is 2. The molecule has 9 heteroatoms. The molecule has 1 N–H and O–H groups in total. The van der Waals surface area contributed by atoms with Gasteiger partial charge in [0.05, 0.1) is 30.7 Å². The minimum atomic E-state index is -0.488. The third-order valence-electron chi connectivity index (χ3n) is 3.98. The summed E-state index contributed by atoms with van der Waals surface area (Å²) in [6, 6.07) is 7.07. The van der Waals surface area contributed by atoms with E-state index < -0.39 is 17.7 Å². The molecule has 0 saturated carbocycles. The number of aromatic nitrogens is 2. The molecular weight excluding hydrogens is 397 g/mol. The molecule has 0 aliphatic heterocycles. The number of pyridine rings is 1. The predicted molar refractivity (Wildman–Crippen MR) is 107 cm³/mol. The number of halogens is 1. The molecule has 0 unspecified atom stereocenters. The quantitative estimate of drug-likeness (QED) is 0.610. The SMILES string of the molecule is CCOC(=O)c1ccc(C(=O)Nc2nc(-c3cc(F)ccc3OC)cs2)nc1C. The fourth-order valence-corrected chi connectivity index (χ4v) is 3.31. The summed E-state index contributed by atoms with van der Waals surface area (Å²) in [7, 11) is 1.49. The Hall–Kier alpha value is -3.33. The van der Waals surface area contributed by atoms with Crippen LogP contribution in [0.25, 0.3) is 11.3 Å². The maximum Gasteiger partial charge on any atom is 0.339 e. The molecular formula is C20H18FN3O4S. The van der Waals surface area contributed by atoms with Crippen molar-refractivity contribution in [2.24, 2.45) is 0 Å². The number of hydrogen-bond donors (Lipinski definition) is 1. The highest BCUT2D eigenvalue weighted by Crippen LogP contribution is 2.32. The average molecular weight is 415 g/mol. The van der Waals surface area contributed by atoms with Gasteiger partial charge in [0, 0.05) is 10.9 Å². The number of nitrogens with zero attached hydrogens (tertiary/aromatic N) is 2. The zero-order chi connectivity index (χ0) is 21.0. The van der Waals surface area contributed by atoms with Crippen LogP contribution in [0.5, 0.6) is 5.75 Å². The zero-order valence-corrected chi connectivity index (χ0v) is 16.8. The molecule has 29 heavy (non-hydrogen) atoms. The fraction of sp³-hybridized carbons (Fsp3) is 0.200. The summed E-state index contributed by atoms with van der Waals surface area (Å²) in [5.74, 6) is -0.907. The summed E-state index contributed by atoms with van der Waals surface area (Å²) in [4.78, 5) is 32.8. The van der Waals surface area contributed by atoms with Gasteiger partial charge < -0.3 is 9.47 Å². The Morgan fingerprint density at radius 3 is 2.69 bits per heavy atom. The molecule has 0 radical (unpaired) electrons. The summed E-state index contributed by atoms with van der Waals surface area (Å²) in [5.41, 5.74) is 1.79. The van der Waals surface area contributed by atoms with Gasteiger partial charge in [-0.3, -0.25) is 10.1 Å². The summed E-state index contributed by atoms with van der Waals surface area (Å²) >= 11 is 1.19. The third-order valence-corrected chi connectivity index (χ3v) is 4.73. The Balaban J connectivity index is 1.78. The first-order valence-electron chi connectivity index (χ1n) is 8.68. The van der Waals surface area contributed by atoms with Crippen molar-refractivity contribution in [2.45, 2.75) is 13.8 Å². The number of esters is 1. The largest absolute Gasteiger partial charge is 0.496 e. The van der Waals surface area contributed by atoms with Gasteiger partial charge in [-0.25, -0.2) is 19.2 Å². The van der Waals surface area contributed by atoms with Gasteiger partial charge in [0.2, 0.25) is 0 Å². The van der Waals surface area contributed by atoms with E-state index >= 15 is 0 Å². The first kappa shape index (κ1) is 20.4. The van der Waals surface area contributed by atoms with Crippen molar-refractivity contribution in [3.8, 4) is 17.0 Å². The first-order chi connectivity index (χ1) is 13.9. The van der Waals surface area contributed by atoms with Crippen molar-refractivity contribution in [1.82, 2.24) is 9.97 Å². The molecule has 3 rings (SSSR count). The second-order valence-electron chi connectivity index (χ2n) is 5.89. The normalized spacial score (nSPS) is 10.5. The Morgan fingerprint density at radius 1 is 1.21 bits per heavy atom. The van der Waals surface area contributed by atoms with Crippen LogP contribution in [0, 0.1) is 12.7 Å². The van der Waals surface area contributed by atoms with Crippen LogP contribution in [0.1, 0.15) is 33.5 Å². The minimum Gasteiger partial charge on any atom is -0.496 e. The van der Waals surface area contributed by atoms with Crippen LogP contribution < -0.4 is 10.1 Å². The molecule has 2 aromatic heterocycles. The molecule has 7 nitrogen and oxygen atoms in total. The van der Waals surface area contributed by atoms with E-state index in [2.05, 4.69) is 15.3 Å². The number of thiazole rings is 1. The van der Waals surface area contributed by atoms with Crippen LogP contribution in [0.15, 0.2) is 35.7 Å². The molecule has 1 amide bonds. The number of aryl methyl sites for hydroxylation is 1. The molecule has 3 aromatic rings. The number of benzene rings is 1. The molecule has 0 aliphatic rings. The number of carbonyl (C=O) groups excluding carboxylic acids is 2. The van der Waals surface area contributed by atoms with E-state index in [1.54, 1.807) is 19.2 Å². The van der Waals surface area contributed by atoms with Crippen molar-refractivity contribution in [3.05, 3.63) is 58.5 Å². The fourth-order valence-electron chi connectivity index (χ4n) is 2.61. The van der Waals surface area contributed by atoms with E-state index in [0.29, 0.717) is 33.4 Å². The van der Waals surface area contributed by atoms with E-state index in [-0.39, 0.29) is 12.3 Å². The van der Waals surface area contributed by atoms with Crippen LogP contribution in [0.4, 0.5) is 9.52 Å². The number of anilines is 1. The second-order valence-corrected chi connectivity index (χ2v) is 6.74. The molecule has 0 atom stereocenters. The van der Waals surface area contributed by atoms with E-state index in [1.165, 1.54) is 48.8 Å². The van der Waals surface area contributed by atoms with Crippen molar-refractivity contribution >= 4 is 28.3 Å². The first-order valence-corrected chi connectivity index (χ1v) is 9.56. The smallest absolute Gasteiger partial charge is 0.339 e. The lowest BCUT2D eigenvalue weighted by atomic mass is 10.1. The maximum absolute atomic E-state index is 13.6. The van der Waals surface area contributed by atoms with Crippen molar-refractivity contribution in [2.75, 3.05) is 19.0 Å². The van der Waals surface area contributed by atoms with Crippen LogP contribution >= 0.6 is 11.3 Å².